The summed E-state index contributed by atoms with van der Waals surface area (Å²) in [5.74, 6) is 0.0971. The van der Waals surface area contributed by atoms with Gasteiger partial charge in [0.15, 0.2) is 0 Å². The number of rotatable bonds is 4. The predicted molar refractivity (Wildman–Crippen MR) is 89.5 cm³/mol. The molecular weight excluding hydrogens is 357 g/mol. The molecule has 1 aromatic carbocycles. The van der Waals surface area contributed by atoms with Crippen molar-refractivity contribution in [3.8, 4) is 5.75 Å². The molecule has 0 aromatic heterocycles. The van der Waals surface area contributed by atoms with Gasteiger partial charge < -0.3 is 15.4 Å². The summed E-state index contributed by atoms with van der Waals surface area (Å²) < 4.78 is 41.2. The number of hydrogen-bond acceptors (Lipinski definition) is 3. The molecule has 4 nitrogen and oxygen atoms in total. The second kappa shape index (κ2) is 8.27. The highest BCUT2D eigenvalue weighted by Crippen LogP contribution is 2.33. The summed E-state index contributed by atoms with van der Waals surface area (Å²) in [5.41, 5.74) is 0.304. The number of benzene rings is 1. The lowest BCUT2D eigenvalue weighted by molar-refractivity contribution is -0.274. The highest BCUT2D eigenvalue weighted by atomic mass is 35.5. The molecule has 8 heteroatoms. The van der Waals surface area contributed by atoms with E-state index < -0.39 is 6.36 Å². The number of amides is 1. The quantitative estimate of drug-likeness (QED) is 0.842. The fraction of sp³-hybridized carbons (Fsp3) is 0.588. The molecule has 3 unspecified atom stereocenters. The lowest BCUT2D eigenvalue weighted by Crippen LogP contribution is -2.42. The van der Waals surface area contributed by atoms with Gasteiger partial charge in [-0.05, 0) is 31.2 Å². The standard InChI is InChI=1S/C17H21F3N2O2.ClH/c18-17(19,20)24-15-8-4-2-6-12(15)10-21-16(23)14-9-11-5-1-3-7-13(11)22-14;/h2,4,6,8,11,13-14,22H,1,3,5,7,9-10H2,(H,21,23);1H. The van der Waals surface area contributed by atoms with E-state index in [4.69, 9.17) is 0 Å². The van der Waals surface area contributed by atoms with Crippen LogP contribution >= 0.6 is 12.4 Å². The maximum atomic E-state index is 12.4. The zero-order valence-electron chi connectivity index (χ0n) is 13.6. The third kappa shape index (κ3) is 5.25. The summed E-state index contributed by atoms with van der Waals surface area (Å²) in [7, 11) is 0. The molecule has 1 saturated carbocycles. The van der Waals surface area contributed by atoms with Gasteiger partial charge in [0.1, 0.15) is 5.75 Å². The van der Waals surface area contributed by atoms with E-state index in [1.807, 2.05) is 0 Å². The topological polar surface area (TPSA) is 50.4 Å². The maximum Gasteiger partial charge on any atom is 0.573 e. The molecule has 2 fully saturated rings. The van der Waals surface area contributed by atoms with Crippen LogP contribution in [0.2, 0.25) is 0 Å². The van der Waals surface area contributed by atoms with Crippen LogP contribution in [0, 0.1) is 5.92 Å². The number of carbonyl (C=O) groups is 1. The Morgan fingerprint density at radius 1 is 1.24 bits per heavy atom. The van der Waals surface area contributed by atoms with Crippen molar-refractivity contribution in [1.29, 1.82) is 0 Å². The third-order valence-electron chi connectivity index (χ3n) is 4.83. The molecule has 140 valence electrons. The van der Waals surface area contributed by atoms with Gasteiger partial charge in [-0.2, -0.15) is 0 Å². The van der Waals surface area contributed by atoms with Crippen LogP contribution in [-0.4, -0.2) is 24.4 Å². The first-order valence-corrected chi connectivity index (χ1v) is 8.30. The van der Waals surface area contributed by atoms with Gasteiger partial charge in [-0.3, -0.25) is 4.79 Å². The largest absolute Gasteiger partial charge is 0.573 e. The van der Waals surface area contributed by atoms with Crippen molar-refractivity contribution in [2.75, 3.05) is 0 Å². The molecule has 1 heterocycles. The van der Waals surface area contributed by atoms with E-state index >= 15 is 0 Å². The zero-order valence-corrected chi connectivity index (χ0v) is 14.5. The summed E-state index contributed by atoms with van der Waals surface area (Å²) in [4.78, 5) is 12.3. The second-order valence-corrected chi connectivity index (χ2v) is 6.48. The Balaban J connectivity index is 0.00000225. The van der Waals surface area contributed by atoms with Crippen LogP contribution in [0.3, 0.4) is 0 Å². The number of ether oxygens (including phenoxy) is 1. The third-order valence-corrected chi connectivity index (χ3v) is 4.83. The van der Waals surface area contributed by atoms with Crippen molar-refractivity contribution >= 4 is 18.3 Å². The van der Waals surface area contributed by atoms with Gasteiger partial charge in [-0.1, -0.05) is 31.0 Å². The number of nitrogens with one attached hydrogen (secondary N) is 2. The average Bonchev–Trinajstić information content (AvgIpc) is 2.96. The van der Waals surface area contributed by atoms with Crippen LogP contribution < -0.4 is 15.4 Å². The molecule has 2 aliphatic rings. The van der Waals surface area contributed by atoms with Crippen LogP contribution in [0.4, 0.5) is 13.2 Å². The lowest BCUT2D eigenvalue weighted by Gasteiger charge is -2.24. The summed E-state index contributed by atoms with van der Waals surface area (Å²) in [6, 6.07) is 5.99. The van der Waals surface area contributed by atoms with Crippen LogP contribution in [0.25, 0.3) is 0 Å². The van der Waals surface area contributed by atoms with E-state index in [9.17, 15) is 18.0 Å². The molecule has 1 aliphatic heterocycles. The molecule has 3 atom stereocenters. The number of carbonyl (C=O) groups excluding carboxylic acids is 1. The minimum atomic E-state index is -4.75. The Hall–Kier alpha value is -1.47. The monoisotopic (exact) mass is 378 g/mol. The molecule has 1 saturated heterocycles. The first-order chi connectivity index (χ1) is 11.4. The Kier molecular flexibility index (Phi) is 6.57. The van der Waals surface area contributed by atoms with Gasteiger partial charge in [0.2, 0.25) is 5.91 Å². The first-order valence-electron chi connectivity index (χ1n) is 8.30. The minimum absolute atomic E-state index is 0. The van der Waals surface area contributed by atoms with Gasteiger partial charge in [0, 0.05) is 18.2 Å². The summed E-state index contributed by atoms with van der Waals surface area (Å²) in [6.45, 7) is 0.0125. The Morgan fingerprint density at radius 3 is 2.68 bits per heavy atom. The number of para-hydroxylation sites is 1. The molecule has 1 amide bonds. The van der Waals surface area contributed by atoms with Gasteiger partial charge >= 0.3 is 6.36 Å². The second-order valence-electron chi connectivity index (χ2n) is 6.48. The van der Waals surface area contributed by atoms with E-state index in [0.29, 0.717) is 17.5 Å². The summed E-state index contributed by atoms with van der Waals surface area (Å²) in [5, 5.41) is 6.09. The van der Waals surface area contributed by atoms with Crippen LogP contribution in [0.15, 0.2) is 24.3 Å². The Morgan fingerprint density at radius 2 is 1.96 bits per heavy atom. The molecule has 1 aromatic rings. The number of halogens is 4. The van der Waals surface area contributed by atoms with Crippen molar-refractivity contribution in [3.05, 3.63) is 29.8 Å². The molecule has 1 aliphatic carbocycles. The van der Waals surface area contributed by atoms with Gasteiger partial charge in [-0.25, -0.2) is 0 Å². The van der Waals surface area contributed by atoms with Gasteiger partial charge in [-0.15, -0.1) is 25.6 Å². The number of fused-ring (bicyclic) bond motifs is 1. The molecule has 3 rings (SSSR count). The summed E-state index contributed by atoms with van der Waals surface area (Å²) in [6.07, 6.45) is 0.685. The smallest absolute Gasteiger partial charge is 0.405 e. The fourth-order valence-corrected chi connectivity index (χ4v) is 3.70. The molecule has 0 bridgehead atoms. The Bertz CT molecular complexity index is 584. The predicted octanol–water partition coefficient (Wildman–Crippen LogP) is 3.54. The highest BCUT2D eigenvalue weighted by molar-refractivity contribution is 5.85. The summed E-state index contributed by atoms with van der Waals surface area (Å²) >= 11 is 0. The van der Waals surface area contributed by atoms with E-state index in [1.165, 1.54) is 31.0 Å². The average molecular weight is 379 g/mol. The van der Waals surface area contributed by atoms with Gasteiger partial charge in [0.25, 0.3) is 0 Å². The molecule has 0 radical (unpaired) electrons. The van der Waals surface area contributed by atoms with E-state index in [0.717, 1.165) is 19.3 Å². The molecule has 2 N–H and O–H groups in total. The number of alkyl halides is 3. The first kappa shape index (κ1) is 19.8. The SMILES string of the molecule is Cl.O=C(NCc1ccccc1OC(F)(F)F)C1CC2CCCCC2N1. The highest BCUT2D eigenvalue weighted by Gasteiger charge is 2.38. The van der Waals surface area contributed by atoms with Crippen molar-refractivity contribution in [3.63, 3.8) is 0 Å². The Labute approximate surface area is 150 Å². The van der Waals surface area contributed by atoms with Gasteiger partial charge in [0.05, 0.1) is 6.04 Å². The molecule has 25 heavy (non-hydrogen) atoms. The molecular formula is C17H22ClF3N2O2. The normalized spacial score (nSPS) is 25.6. The number of hydrogen-bond donors (Lipinski definition) is 2. The lowest BCUT2D eigenvalue weighted by atomic mass is 9.85. The minimum Gasteiger partial charge on any atom is -0.405 e. The fourth-order valence-electron chi connectivity index (χ4n) is 3.70. The molecule has 0 spiro atoms. The van der Waals surface area contributed by atoms with Crippen LogP contribution in [0.5, 0.6) is 5.75 Å². The zero-order chi connectivity index (χ0) is 17.2. The van der Waals surface area contributed by atoms with Crippen LogP contribution in [-0.2, 0) is 11.3 Å². The van der Waals surface area contributed by atoms with E-state index in [-0.39, 0.29) is 36.7 Å². The van der Waals surface area contributed by atoms with Crippen molar-refractivity contribution in [2.45, 2.75) is 57.1 Å². The van der Waals surface area contributed by atoms with E-state index in [1.54, 1.807) is 6.07 Å². The van der Waals surface area contributed by atoms with Crippen molar-refractivity contribution < 1.29 is 22.7 Å². The maximum absolute atomic E-state index is 12.4. The van der Waals surface area contributed by atoms with Crippen LogP contribution in [0.1, 0.15) is 37.7 Å². The van der Waals surface area contributed by atoms with Crippen molar-refractivity contribution in [1.82, 2.24) is 10.6 Å². The van der Waals surface area contributed by atoms with Crippen molar-refractivity contribution in [2.24, 2.45) is 5.92 Å². The van der Waals surface area contributed by atoms with E-state index in [2.05, 4.69) is 15.4 Å².